The lowest BCUT2D eigenvalue weighted by Crippen LogP contribution is -2.42. The number of amidine groups is 1. The minimum atomic E-state index is -0.398. The van der Waals surface area contributed by atoms with E-state index in [1.54, 1.807) is 37.3 Å². The zero-order valence-electron chi connectivity index (χ0n) is 26.8. The molecule has 4 aromatic rings. The van der Waals surface area contributed by atoms with Gasteiger partial charge in [-0.1, -0.05) is 30.3 Å². The Kier molecular flexibility index (Phi) is 9.86. The van der Waals surface area contributed by atoms with Crippen molar-refractivity contribution in [2.75, 3.05) is 24.7 Å². The summed E-state index contributed by atoms with van der Waals surface area (Å²) in [7, 11) is 0. The first-order valence-electron chi connectivity index (χ1n) is 16.2. The van der Waals surface area contributed by atoms with E-state index in [9.17, 15) is 4.79 Å². The number of nitrogens with two attached hydrogens (primary N) is 1. The average molecular weight is 639 g/mol. The van der Waals surface area contributed by atoms with Crippen LogP contribution in [0.2, 0.25) is 0 Å². The van der Waals surface area contributed by atoms with Gasteiger partial charge in [-0.3, -0.25) is 9.72 Å². The molecule has 1 aliphatic carbocycles. The zero-order valence-corrected chi connectivity index (χ0v) is 26.8. The van der Waals surface area contributed by atoms with Gasteiger partial charge >= 0.3 is 6.03 Å². The third kappa shape index (κ3) is 7.66. The van der Waals surface area contributed by atoms with E-state index >= 15 is 0 Å². The van der Waals surface area contributed by atoms with Gasteiger partial charge in [0.2, 0.25) is 5.95 Å². The molecule has 6 rings (SSSR count). The highest BCUT2D eigenvalue weighted by Gasteiger charge is 2.30. The van der Waals surface area contributed by atoms with Gasteiger partial charge in [-0.15, -0.1) is 10.2 Å². The van der Waals surface area contributed by atoms with E-state index in [2.05, 4.69) is 43.7 Å². The molecule has 2 amide bonds. The Balaban J connectivity index is 1.16. The minimum absolute atomic E-state index is 0.0924. The van der Waals surface area contributed by atoms with Crippen LogP contribution in [0.4, 0.5) is 16.4 Å². The number of hydrogen-bond acceptors (Lipinski definition) is 9. The lowest BCUT2D eigenvalue weighted by molar-refractivity contribution is 0.171. The van der Waals surface area contributed by atoms with Gasteiger partial charge in [-0.2, -0.15) is 0 Å². The molecule has 2 aromatic heterocycles. The number of carbonyl (C=O) groups is 1. The Morgan fingerprint density at radius 2 is 1.91 bits per heavy atom. The first-order chi connectivity index (χ1) is 22.9. The minimum Gasteiger partial charge on any atom is -0.491 e. The number of aliphatic hydroxyl groups is 1. The molecule has 3 atom stereocenters. The van der Waals surface area contributed by atoms with Crippen molar-refractivity contribution in [2.45, 2.75) is 64.1 Å². The number of ether oxygens (including phenoxy) is 2. The summed E-state index contributed by atoms with van der Waals surface area (Å²) in [5.41, 5.74) is 9.83. The quantitative estimate of drug-likeness (QED) is 0.142. The molecular formula is C35H42N8O4. The molecule has 2 aromatic carbocycles. The number of aliphatic hydroxyl groups excluding tert-OH is 1. The predicted molar refractivity (Wildman–Crippen MR) is 181 cm³/mol. The number of aromatic nitrogens is 3. The third-order valence-corrected chi connectivity index (χ3v) is 8.47. The lowest BCUT2D eigenvalue weighted by atomic mass is 9.85. The molecule has 3 heterocycles. The molecule has 0 unspecified atom stereocenters. The molecule has 0 bridgehead atoms. The van der Waals surface area contributed by atoms with Crippen molar-refractivity contribution in [1.82, 2.24) is 25.2 Å². The lowest BCUT2D eigenvalue weighted by Gasteiger charge is -2.33. The highest BCUT2D eigenvalue weighted by molar-refractivity contribution is 6.05. The van der Waals surface area contributed by atoms with Crippen LogP contribution in [-0.4, -0.2) is 57.4 Å². The maximum absolute atomic E-state index is 13.3. The molecule has 0 saturated carbocycles. The number of aliphatic imine (C=N–C) groups is 1. The summed E-state index contributed by atoms with van der Waals surface area (Å²) in [6, 6.07) is 18.8. The topological polar surface area (TPSA) is 152 Å². The van der Waals surface area contributed by atoms with Crippen LogP contribution in [0.3, 0.4) is 0 Å². The molecule has 0 radical (unpaired) electrons. The first kappa shape index (κ1) is 31.9. The predicted octanol–water partition coefficient (Wildman–Crippen LogP) is 5.33. The van der Waals surface area contributed by atoms with Gasteiger partial charge in [0.05, 0.1) is 24.5 Å². The summed E-state index contributed by atoms with van der Waals surface area (Å²) < 4.78 is 14.1. The van der Waals surface area contributed by atoms with Crippen LogP contribution in [0.5, 0.6) is 11.5 Å². The van der Waals surface area contributed by atoms with E-state index < -0.39 is 6.03 Å². The van der Waals surface area contributed by atoms with Crippen LogP contribution in [0, 0.1) is 0 Å². The summed E-state index contributed by atoms with van der Waals surface area (Å²) in [5.74, 6) is 2.44. The van der Waals surface area contributed by atoms with Gasteiger partial charge in [-0.25, -0.2) is 9.79 Å². The number of nitrogens with zero attached hydrogens (tertiary/aromatic N) is 5. The number of nitrogens with one attached hydrogen (secondary N) is 2. The summed E-state index contributed by atoms with van der Waals surface area (Å²) in [5, 5.41) is 23.9. The van der Waals surface area contributed by atoms with Crippen molar-refractivity contribution < 1.29 is 19.4 Å². The van der Waals surface area contributed by atoms with Crippen molar-refractivity contribution in [3.63, 3.8) is 0 Å². The number of amides is 2. The standard InChI is InChI=1S/C35H42N8O4/c1-23(36)20-32(37-25-9-7-10-26(21-25)46-19-18-44)39-34(45)38-30-14-15-31(29-12-4-3-11-28(29)30)47-27-13-16-33-40-41-35(43(33)22-27)42-17-6-5-8-24(42)2/h3-4,7,9-13,16,20-22,24,30-31,44H,5-6,8,14-15,17-19,36H2,1-2H3,(H2,37,38,39,45)/t24-,30-,31+/m0/s1. The molecule has 0 spiro atoms. The van der Waals surface area contributed by atoms with E-state index in [-0.39, 0.29) is 31.2 Å². The number of fused-ring (bicyclic) bond motifs is 2. The smallest absolute Gasteiger partial charge is 0.320 e. The summed E-state index contributed by atoms with van der Waals surface area (Å²) in [4.78, 5) is 20.2. The monoisotopic (exact) mass is 638 g/mol. The van der Waals surface area contributed by atoms with Crippen LogP contribution in [0.15, 0.2) is 83.6 Å². The number of hydrogen-bond donors (Lipinski definition) is 4. The van der Waals surface area contributed by atoms with Gasteiger partial charge < -0.3 is 30.5 Å². The van der Waals surface area contributed by atoms with Gasteiger partial charge in [-0.05, 0) is 87.4 Å². The number of rotatable bonds is 9. The second-order valence-electron chi connectivity index (χ2n) is 12.0. The number of benzene rings is 2. The van der Waals surface area contributed by atoms with Crippen molar-refractivity contribution >= 4 is 29.1 Å². The molecule has 5 N–H and O–H groups in total. The Hall–Kier alpha value is -5.10. The molecule has 1 saturated heterocycles. The van der Waals surface area contributed by atoms with Crippen molar-refractivity contribution in [2.24, 2.45) is 10.7 Å². The van der Waals surface area contributed by atoms with E-state index in [4.69, 9.17) is 20.3 Å². The van der Waals surface area contributed by atoms with Gasteiger partial charge in [0, 0.05) is 24.4 Å². The summed E-state index contributed by atoms with van der Waals surface area (Å²) in [6.45, 7) is 5.01. The Morgan fingerprint density at radius 1 is 1.06 bits per heavy atom. The van der Waals surface area contributed by atoms with Crippen LogP contribution in [-0.2, 0) is 0 Å². The molecule has 2 aliphatic rings. The van der Waals surface area contributed by atoms with Crippen LogP contribution >= 0.6 is 0 Å². The Morgan fingerprint density at radius 3 is 2.72 bits per heavy atom. The fraction of sp³-hybridized carbons (Fsp3) is 0.371. The highest BCUT2D eigenvalue weighted by Crippen LogP contribution is 2.39. The third-order valence-electron chi connectivity index (χ3n) is 8.47. The number of pyridine rings is 1. The molecule has 12 nitrogen and oxygen atoms in total. The Labute approximate surface area is 274 Å². The fourth-order valence-corrected chi connectivity index (χ4v) is 6.28. The number of allylic oxidation sites excluding steroid dienone is 1. The van der Waals surface area contributed by atoms with E-state index in [1.165, 1.54) is 6.42 Å². The maximum Gasteiger partial charge on any atom is 0.320 e. The fourth-order valence-electron chi connectivity index (χ4n) is 6.28. The molecule has 1 aliphatic heterocycles. The molecular weight excluding hydrogens is 596 g/mol. The van der Waals surface area contributed by atoms with Crippen LogP contribution in [0.25, 0.3) is 5.65 Å². The number of piperidine rings is 1. The van der Waals surface area contributed by atoms with E-state index in [0.717, 1.165) is 47.9 Å². The van der Waals surface area contributed by atoms with Gasteiger partial charge in [0.25, 0.3) is 0 Å². The van der Waals surface area contributed by atoms with Gasteiger partial charge in [0.15, 0.2) is 5.65 Å². The molecule has 246 valence electrons. The largest absolute Gasteiger partial charge is 0.491 e. The van der Waals surface area contributed by atoms with E-state index in [0.29, 0.717) is 36.0 Å². The molecule has 12 heteroatoms. The molecule has 47 heavy (non-hydrogen) atoms. The number of carbonyl (C=O) groups excluding carboxylic acids is 1. The molecule has 1 fully saturated rings. The highest BCUT2D eigenvalue weighted by atomic mass is 16.5. The van der Waals surface area contributed by atoms with Crippen molar-refractivity contribution in [3.05, 3.63) is 89.8 Å². The average Bonchev–Trinajstić information content (AvgIpc) is 3.48. The summed E-state index contributed by atoms with van der Waals surface area (Å²) in [6.07, 6.45) is 8.32. The number of anilines is 1. The number of urea groups is 1. The van der Waals surface area contributed by atoms with Crippen LogP contribution in [0.1, 0.15) is 69.2 Å². The summed E-state index contributed by atoms with van der Waals surface area (Å²) >= 11 is 0. The maximum atomic E-state index is 13.3. The van der Waals surface area contributed by atoms with Crippen molar-refractivity contribution in [1.29, 1.82) is 0 Å². The zero-order chi connectivity index (χ0) is 32.8. The van der Waals surface area contributed by atoms with Crippen LogP contribution < -0.4 is 30.7 Å². The Bertz CT molecular complexity index is 1770. The van der Waals surface area contributed by atoms with E-state index in [1.807, 2.05) is 40.9 Å². The normalized spacial score (nSPS) is 20.1. The SMILES string of the molecule is CC(N)=CC(=Nc1cccc(OCCO)c1)NC(=O)N[C@H]1CC[C@@H](Oc2ccc3nnc(N4CCCC[C@@H]4C)n3c2)c2ccccc21. The second kappa shape index (κ2) is 14.5. The first-order valence-corrected chi connectivity index (χ1v) is 16.2. The van der Waals surface area contributed by atoms with Gasteiger partial charge in [0.1, 0.15) is 30.0 Å². The van der Waals surface area contributed by atoms with Crippen molar-refractivity contribution in [3.8, 4) is 11.5 Å². The second-order valence-corrected chi connectivity index (χ2v) is 12.0.